The molecule has 3 rings (SSSR count). The molecule has 1 N–H and O–H groups in total. The Morgan fingerprint density at radius 2 is 2.00 bits per heavy atom. The number of nitrogens with one attached hydrogen (secondary N) is 1. The van der Waals surface area contributed by atoms with E-state index in [-0.39, 0.29) is 18.6 Å². The van der Waals surface area contributed by atoms with Crippen molar-refractivity contribution in [1.29, 1.82) is 0 Å². The van der Waals surface area contributed by atoms with Gasteiger partial charge in [-0.25, -0.2) is 9.78 Å². The summed E-state index contributed by atoms with van der Waals surface area (Å²) >= 11 is 1.46. The third kappa shape index (κ3) is 4.89. The van der Waals surface area contributed by atoms with Crippen LogP contribution in [0, 0.1) is 0 Å². The fourth-order valence-corrected chi connectivity index (χ4v) is 3.33. The molecule has 0 fully saturated rings. The number of hydrogen-bond donors (Lipinski definition) is 1. The molecular weight excluding hydrogens is 348 g/mol. The minimum Gasteiger partial charge on any atom is -0.452 e. The quantitative estimate of drug-likeness (QED) is 0.647. The van der Waals surface area contributed by atoms with Crippen LogP contribution in [0.25, 0.3) is 10.2 Å². The van der Waals surface area contributed by atoms with Gasteiger partial charge in [-0.2, -0.15) is 0 Å². The van der Waals surface area contributed by atoms with E-state index >= 15 is 0 Å². The van der Waals surface area contributed by atoms with Gasteiger partial charge in [0.2, 0.25) is 0 Å². The van der Waals surface area contributed by atoms with Crippen LogP contribution in [-0.4, -0.2) is 29.5 Å². The minimum atomic E-state index is -0.507. The summed E-state index contributed by atoms with van der Waals surface area (Å²) in [5.41, 5.74) is 4.23. The molecule has 0 saturated carbocycles. The highest BCUT2D eigenvalue weighted by Gasteiger charge is 2.13. The van der Waals surface area contributed by atoms with Crippen molar-refractivity contribution in [3.8, 4) is 0 Å². The number of carbonyl (C=O) groups is 2. The van der Waals surface area contributed by atoms with E-state index in [1.165, 1.54) is 16.9 Å². The van der Waals surface area contributed by atoms with E-state index in [2.05, 4.69) is 22.4 Å². The Bertz CT molecular complexity index is 892. The summed E-state index contributed by atoms with van der Waals surface area (Å²) in [6.45, 7) is 1.66. The number of aromatic nitrogens is 1. The third-order valence-electron chi connectivity index (χ3n) is 4.02. The van der Waals surface area contributed by atoms with Gasteiger partial charge in [-0.3, -0.25) is 4.79 Å². The molecule has 0 saturated heterocycles. The van der Waals surface area contributed by atoms with Crippen LogP contribution < -0.4 is 5.32 Å². The summed E-state index contributed by atoms with van der Waals surface area (Å²) in [6.07, 6.45) is 1.71. The van der Waals surface area contributed by atoms with E-state index in [0.29, 0.717) is 5.56 Å². The molecule has 0 radical (unpaired) electrons. The largest absolute Gasteiger partial charge is 0.452 e. The van der Waals surface area contributed by atoms with Crippen LogP contribution in [-0.2, 0) is 16.0 Å². The predicted molar refractivity (Wildman–Crippen MR) is 102 cm³/mol. The second kappa shape index (κ2) is 8.58. The van der Waals surface area contributed by atoms with Crippen LogP contribution in [0.5, 0.6) is 0 Å². The molecule has 0 aliphatic rings. The van der Waals surface area contributed by atoms with Crippen LogP contribution in [0.4, 0.5) is 0 Å². The number of amides is 1. The Morgan fingerprint density at radius 3 is 2.81 bits per heavy atom. The number of benzene rings is 2. The second-order valence-electron chi connectivity index (χ2n) is 6.10. The van der Waals surface area contributed by atoms with E-state index in [4.69, 9.17) is 4.74 Å². The smallest absolute Gasteiger partial charge is 0.338 e. The molecule has 3 aromatic rings. The van der Waals surface area contributed by atoms with Crippen molar-refractivity contribution in [3.05, 3.63) is 65.2 Å². The van der Waals surface area contributed by atoms with Crippen molar-refractivity contribution in [3.63, 3.8) is 0 Å². The zero-order valence-electron chi connectivity index (χ0n) is 14.5. The average molecular weight is 368 g/mol. The molecule has 5 nitrogen and oxygen atoms in total. The van der Waals surface area contributed by atoms with Gasteiger partial charge in [0, 0.05) is 6.04 Å². The van der Waals surface area contributed by atoms with Crippen molar-refractivity contribution >= 4 is 33.4 Å². The topological polar surface area (TPSA) is 68.3 Å². The van der Waals surface area contributed by atoms with Gasteiger partial charge in [-0.15, -0.1) is 11.3 Å². The third-order valence-corrected chi connectivity index (χ3v) is 4.81. The van der Waals surface area contributed by atoms with Crippen LogP contribution in [0.15, 0.2) is 54.0 Å². The van der Waals surface area contributed by atoms with E-state index < -0.39 is 5.97 Å². The first-order valence-corrected chi connectivity index (χ1v) is 9.33. The highest BCUT2D eigenvalue weighted by Crippen LogP contribution is 2.19. The lowest BCUT2D eigenvalue weighted by atomic mass is 10.1. The Kier molecular flexibility index (Phi) is 5.96. The number of fused-ring (bicyclic) bond motifs is 1. The summed E-state index contributed by atoms with van der Waals surface area (Å²) < 4.78 is 6.03. The summed E-state index contributed by atoms with van der Waals surface area (Å²) in [7, 11) is 0. The van der Waals surface area contributed by atoms with E-state index in [9.17, 15) is 9.59 Å². The van der Waals surface area contributed by atoms with Crippen LogP contribution in [0.2, 0.25) is 0 Å². The maximum atomic E-state index is 12.1. The van der Waals surface area contributed by atoms with Crippen LogP contribution >= 0.6 is 11.3 Å². The molecule has 134 valence electrons. The highest BCUT2D eigenvalue weighted by molar-refractivity contribution is 7.16. The molecular formula is C20H20N2O3S. The number of hydrogen-bond acceptors (Lipinski definition) is 5. The van der Waals surface area contributed by atoms with Gasteiger partial charge in [-0.05, 0) is 43.5 Å². The van der Waals surface area contributed by atoms with Gasteiger partial charge in [0.1, 0.15) is 0 Å². The lowest BCUT2D eigenvalue weighted by Gasteiger charge is -2.14. The molecule has 26 heavy (non-hydrogen) atoms. The number of thiazole rings is 1. The first-order valence-electron chi connectivity index (χ1n) is 8.45. The van der Waals surface area contributed by atoms with Crippen molar-refractivity contribution in [1.82, 2.24) is 10.3 Å². The summed E-state index contributed by atoms with van der Waals surface area (Å²) in [4.78, 5) is 28.2. The highest BCUT2D eigenvalue weighted by atomic mass is 32.1. The second-order valence-corrected chi connectivity index (χ2v) is 6.99. The number of carbonyl (C=O) groups excluding carboxylic acids is 2. The van der Waals surface area contributed by atoms with Crippen molar-refractivity contribution in [2.24, 2.45) is 0 Å². The summed E-state index contributed by atoms with van der Waals surface area (Å²) in [5.74, 6) is -0.801. The molecule has 1 unspecified atom stereocenters. The van der Waals surface area contributed by atoms with Gasteiger partial charge in [0.05, 0.1) is 21.3 Å². The summed E-state index contributed by atoms with van der Waals surface area (Å²) in [6, 6.07) is 15.3. The first kappa shape index (κ1) is 18.1. The maximum absolute atomic E-state index is 12.1. The fourth-order valence-electron chi connectivity index (χ4n) is 2.61. The Balaban J connectivity index is 1.43. The number of aryl methyl sites for hydroxylation is 1. The number of nitrogens with zero attached hydrogens (tertiary/aromatic N) is 1. The zero-order chi connectivity index (χ0) is 18.4. The molecule has 6 heteroatoms. The van der Waals surface area contributed by atoms with E-state index in [0.717, 1.165) is 23.1 Å². The van der Waals surface area contributed by atoms with Gasteiger partial charge in [0.15, 0.2) is 6.61 Å². The molecule has 0 bridgehead atoms. The van der Waals surface area contributed by atoms with E-state index in [1.54, 1.807) is 23.7 Å². The first-order chi connectivity index (χ1) is 12.6. The molecule has 2 aromatic carbocycles. The van der Waals surface area contributed by atoms with Crippen molar-refractivity contribution in [2.75, 3.05) is 6.61 Å². The normalized spacial score (nSPS) is 11.9. The standard InChI is InChI=1S/C20H20N2O3S/c1-14(7-8-15-5-3-2-4-6-15)22-19(23)12-25-20(24)16-9-10-17-18(11-16)26-13-21-17/h2-6,9-11,13-14H,7-8,12H2,1H3,(H,22,23). The number of ether oxygens (including phenoxy) is 1. The Hall–Kier alpha value is -2.73. The lowest BCUT2D eigenvalue weighted by Crippen LogP contribution is -2.36. The molecule has 0 spiro atoms. The van der Waals surface area contributed by atoms with Crippen LogP contribution in [0.1, 0.15) is 29.3 Å². The SMILES string of the molecule is CC(CCc1ccccc1)NC(=O)COC(=O)c1ccc2ncsc2c1. The monoisotopic (exact) mass is 368 g/mol. The number of esters is 1. The number of rotatable bonds is 7. The van der Waals surface area contributed by atoms with Gasteiger partial charge in [-0.1, -0.05) is 30.3 Å². The molecule has 0 aliphatic carbocycles. The molecule has 1 amide bonds. The minimum absolute atomic E-state index is 0.00921. The predicted octanol–water partition coefficient (Wildman–Crippen LogP) is 3.59. The molecule has 1 atom stereocenters. The molecule has 1 aromatic heterocycles. The maximum Gasteiger partial charge on any atom is 0.338 e. The molecule has 1 heterocycles. The van der Waals surface area contributed by atoms with Crippen molar-refractivity contribution in [2.45, 2.75) is 25.8 Å². The fraction of sp³-hybridized carbons (Fsp3) is 0.250. The Labute approximate surface area is 156 Å². The van der Waals surface area contributed by atoms with Gasteiger partial charge in [0.25, 0.3) is 5.91 Å². The van der Waals surface area contributed by atoms with Gasteiger partial charge >= 0.3 is 5.97 Å². The summed E-state index contributed by atoms with van der Waals surface area (Å²) in [5, 5.41) is 2.86. The van der Waals surface area contributed by atoms with Crippen molar-refractivity contribution < 1.29 is 14.3 Å². The lowest BCUT2D eigenvalue weighted by molar-refractivity contribution is -0.124. The zero-order valence-corrected chi connectivity index (χ0v) is 15.3. The van der Waals surface area contributed by atoms with E-state index in [1.807, 2.05) is 25.1 Å². The molecule has 0 aliphatic heterocycles. The Morgan fingerprint density at radius 1 is 1.19 bits per heavy atom. The average Bonchev–Trinajstić information content (AvgIpc) is 3.13. The van der Waals surface area contributed by atoms with Gasteiger partial charge < -0.3 is 10.1 Å². The van der Waals surface area contributed by atoms with Crippen LogP contribution in [0.3, 0.4) is 0 Å².